The molecule has 3 nitrogen and oxygen atoms in total. The van der Waals surface area contributed by atoms with E-state index in [9.17, 15) is 0 Å². The van der Waals surface area contributed by atoms with Crippen molar-refractivity contribution in [2.45, 2.75) is 0 Å². The van der Waals surface area contributed by atoms with E-state index in [1.807, 2.05) is 11.3 Å². The lowest BCUT2D eigenvalue weighted by Crippen LogP contribution is -2.04. The maximum Gasteiger partial charge on any atom is 0.235 e. The fourth-order valence-corrected chi connectivity index (χ4v) is 8.99. The maximum absolute atomic E-state index is 5.51. The van der Waals surface area contributed by atoms with Crippen LogP contribution in [0.4, 0.5) is 0 Å². The van der Waals surface area contributed by atoms with Gasteiger partial charge in [-0.2, -0.15) is 0 Å². The minimum atomic E-state index is 0.676. The van der Waals surface area contributed by atoms with Gasteiger partial charge < -0.3 is 0 Å². The SMILES string of the molecule is c1ccc2c(c1)ccc1c2c2c3ccccc3c3ccccc3c2n1-c1nc(-c2ccc3sc4ccccc4c3c2)c2ccccc2n1. The number of fused-ring (bicyclic) bond motifs is 14. The Morgan fingerprint density at radius 3 is 1.94 bits per heavy atom. The van der Waals surface area contributed by atoms with E-state index in [4.69, 9.17) is 9.97 Å². The molecule has 11 aromatic rings. The summed E-state index contributed by atoms with van der Waals surface area (Å²) in [5.41, 5.74) is 5.19. The van der Waals surface area contributed by atoms with Crippen molar-refractivity contribution in [2.24, 2.45) is 0 Å². The quantitative estimate of drug-likeness (QED) is 0.179. The van der Waals surface area contributed by atoms with E-state index in [1.54, 1.807) is 0 Å². The fraction of sp³-hybridized carbons (Fsp3) is 0. The van der Waals surface area contributed by atoms with Gasteiger partial charge in [-0.05, 0) is 57.3 Å². The van der Waals surface area contributed by atoms with Crippen LogP contribution in [0.25, 0.3) is 102 Å². The van der Waals surface area contributed by atoms with Crippen molar-refractivity contribution in [1.29, 1.82) is 0 Å². The van der Waals surface area contributed by atoms with Gasteiger partial charge >= 0.3 is 0 Å². The smallest absolute Gasteiger partial charge is 0.235 e. The van der Waals surface area contributed by atoms with E-state index in [1.165, 1.54) is 63.3 Å². The third-order valence-electron chi connectivity index (χ3n) is 9.97. The van der Waals surface area contributed by atoms with Crippen LogP contribution in [0.15, 0.2) is 152 Å². The highest BCUT2D eigenvalue weighted by Crippen LogP contribution is 2.45. The summed E-state index contributed by atoms with van der Waals surface area (Å²) in [6, 6.07) is 54.6. The molecule has 0 fully saturated rings. The molecular weight excluding hydrogens is 603 g/mol. The lowest BCUT2D eigenvalue weighted by molar-refractivity contribution is 1.02. The van der Waals surface area contributed by atoms with Crippen molar-refractivity contribution in [3.8, 4) is 17.2 Å². The molecule has 48 heavy (non-hydrogen) atoms. The number of benzene rings is 8. The Hall–Kier alpha value is -6.10. The third-order valence-corrected chi connectivity index (χ3v) is 11.1. The first-order chi connectivity index (χ1) is 23.8. The number of thiophene rings is 1. The number of hydrogen-bond acceptors (Lipinski definition) is 3. The molecule has 8 aromatic carbocycles. The van der Waals surface area contributed by atoms with Crippen molar-refractivity contribution >= 4 is 96.5 Å². The van der Waals surface area contributed by atoms with Crippen LogP contribution in [-0.2, 0) is 0 Å². The van der Waals surface area contributed by atoms with Crippen LogP contribution in [0.2, 0.25) is 0 Å². The second-order valence-electron chi connectivity index (χ2n) is 12.5. The number of rotatable bonds is 2. The summed E-state index contributed by atoms with van der Waals surface area (Å²) in [5, 5.41) is 13.4. The third kappa shape index (κ3) is 3.52. The van der Waals surface area contributed by atoms with Crippen LogP contribution in [0.1, 0.15) is 0 Å². The average Bonchev–Trinajstić information content (AvgIpc) is 3.71. The zero-order valence-electron chi connectivity index (χ0n) is 25.7. The topological polar surface area (TPSA) is 30.7 Å². The van der Waals surface area contributed by atoms with Gasteiger partial charge in [-0.3, -0.25) is 4.57 Å². The summed E-state index contributed by atoms with van der Waals surface area (Å²) in [4.78, 5) is 10.8. The Kier molecular flexibility index (Phi) is 5.26. The molecule has 0 spiro atoms. The van der Waals surface area contributed by atoms with Crippen molar-refractivity contribution in [2.75, 3.05) is 0 Å². The molecule has 0 amide bonds. The molecule has 0 aliphatic heterocycles. The van der Waals surface area contributed by atoms with Gasteiger partial charge in [0.25, 0.3) is 0 Å². The summed E-state index contributed by atoms with van der Waals surface area (Å²) in [7, 11) is 0. The van der Waals surface area contributed by atoms with Crippen LogP contribution in [0, 0.1) is 0 Å². The van der Waals surface area contributed by atoms with Crippen molar-refractivity contribution < 1.29 is 0 Å². The van der Waals surface area contributed by atoms with Crippen molar-refractivity contribution in [1.82, 2.24) is 14.5 Å². The lowest BCUT2D eigenvalue weighted by atomic mass is 9.95. The van der Waals surface area contributed by atoms with Gasteiger partial charge in [0.05, 0.1) is 22.2 Å². The van der Waals surface area contributed by atoms with Gasteiger partial charge in [-0.25, -0.2) is 9.97 Å². The molecule has 0 saturated heterocycles. The van der Waals surface area contributed by atoms with Gasteiger partial charge in [0, 0.05) is 47.3 Å². The molecule has 0 unspecified atom stereocenters. The molecule has 0 saturated carbocycles. The maximum atomic E-state index is 5.51. The van der Waals surface area contributed by atoms with E-state index in [0.717, 1.165) is 33.2 Å². The predicted molar refractivity (Wildman–Crippen MR) is 205 cm³/mol. The fourth-order valence-electron chi connectivity index (χ4n) is 7.90. The number of hydrogen-bond donors (Lipinski definition) is 0. The van der Waals surface area contributed by atoms with Gasteiger partial charge in [-0.1, -0.05) is 121 Å². The monoisotopic (exact) mass is 627 g/mol. The second kappa shape index (κ2) is 9.71. The lowest BCUT2D eigenvalue weighted by Gasteiger charge is -2.13. The Labute approximate surface area is 278 Å². The van der Waals surface area contributed by atoms with Crippen LogP contribution in [-0.4, -0.2) is 14.5 Å². The highest BCUT2D eigenvalue weighted by Gasteiger charge is 2.23. The molecule has 0 radical (unpaired) electrons. The Bertz CT molecular complexity index is 3130. The molecule has 3 heterocycles. The number of nitrogens with zero attached hydrogens (tertiary/aromatic N) is 3. The summed E-state index contributed by atoms with van der Waals surface area (Å²) in [6.45, 7) is 0. The molecule has 4 heteroatoms. The van der Waals surface area contributed by atoms with Crippen LogP contribution < -0.4 is 0 Å². The number of para-hydroxylation sites is 1. The Balaban J connectivity index is 1.32. The van der Waals surface area contributed by atoms with Crippen molar-refractivity contribution in [3.63, 3.8) is 0 Å². The average molecular weight is 628 g/mol. The standard InChI is InChI=1S/C44H25N3S/c1-2-12-28-26(11-1)21-23-37-40(28)41-32-16-5-3-13-29(32)30-14-4-6-17-33(30)43(41)47(37)44-45-36-19-9-7-18-34(36)42(46-44)27-22-24-39-35(25-27)31-15-8-10-20-38(31)48-39/h1-25H. The van der Waals surface area contributed by atoms with Gasteiger partial charge in [0.15, 0.2) is 0 Å². The molecule has 222 valence electrons. The normalized spacial score (nSPS) is 12.2. The van der Waals surface area contributed by atoms with Crippen molar-refractivity contribution in [3.05, 3.63) is 152 Å². The molecule has 0 bridgehead atoms. The summed E-state index contributed by atoms with van der Waals surface area (Å²) in [5.74, 6) is 0.676. The minimum Gasteiger partial charge on any atom is -0.277 e. The molecule has 0 atom stereocenters. The van der Waals surface area contributed by atoms with Crippen LogP contribution >= 0.6 is 11.3 Å². The first kappa shape index (κ1) is 26.0. The van der Waals surface area contributed by atoms with Gasteiger partial charge in [0.1, 0.15) is 0 Å². The highest BCUT2D eigenvalue weighted by molar-refractivity contribution is 7.25. The van der Waals surface area contributed by atoms with E-state index in [-0.39, 0.29) is 0 Å². The summed E-state index contributed by atoms with van der Waals surface area (Å²) < 4.78 is 4.90. The Morgan fingerprint density at radius 2 is 1.08 bits per heavy atom. The van der Waals surface area contributed by atoms with E-state index in [2.05, 4.69) is 156 Å². The first-order valence-electron chi connectivity index (χ1n) is 16.3. The molecule has 3 aromatic heterocycles. The number of aromatic nitrogens is 3. The molecule has 0 aliphatic rings. The highest BCUT2D eigenvalue weighted by atomic mass is 32.1. The summed E-state index contributed by atoms with van der Waals surface area (Å²) >= 11 is 1.84. The van der Waals surface area contributed by atoms with E-state index in [0.29, 0.717) is 5.95 Å². The molecule has 0 N–H and O–H groups in total. The van der Waals surface area contributed by atoms with Crippen LogP contribution in [0.5, 0.6) is 0 Å². The Morgan fingerprint density at radius 1 is 0.438 bits per heavy atom. The zero-order chi connectivity index (χ0) is 31.3. The first-order valence-corrected chi connectivity index (χ1v) is 17.1. The minimum absolute atomic E-state index is 0.676. The molecular formula is C44H25N3S. The van der Waals surface area contributed by atoms with Gasteiger partial charge in [0.2, 0.25) is 5.95 Å². The zero-order valence-corrected chi connectivity index (χ0v) is 26.5. The summed E-state index contributed by atoms with van der Waals surface area (Å²) in [6.07, 6.45) is 0. The molecule has 0 aliphatic carbocycles. The van der Waals surface area contributed by atoms with E-state index < -0.39 is 0 Å². The predicted octanol–water partition coefficient (Wildman–Crippen LogP) is 12.2. The van der Waals surface area contributed by atoms with Gasteiger partial charge in [-0.15, -0.1) is 11.3 Å². The van der Waals surface area contributed by atoms with E-state index >= 15 is 0 Å². The second-order valence-corrected chi connectivity index (χ2v) is 13.6. The molecule has 11 rings (SSSR count). The largest absolute Gasteiger partial charge is 0.277 e. The van der Waals surface area contributed by atoms with Crippen LogP contribution in [0.3, 0.4) is 0 Å².